The maximum atomic E-state index is 12.3. The van der Waals surface area contributed by atoms with Crippen LogP contribution in [0.15, 0.2) is 53.4 Å². The second-order valence-electron chi connectivity index (χ2n) is 5.68. The Labute approximate surface area is 148 Å². The number of alkyl halides is 2. The maximum Gasteiger partial charge on any atom is 0.288 e. The summed E-state index contributed by atoms with van der Waals surface area (Å²) in [5, 5.41) is 5.61. The van der Waals surface area contributed by atoms with Crippen LogP contribution in [-0.2, 0) is 0 Å². The summed E-state index contributed by atoms with van der Waals surface area (Å²) >= 11 is 0.433. The van der Waals surface area contributed by atoms with E-state index < -0.39 is 5.76 Å². The average Bonchev–Trinajstić information content (AvgIpc) is 3.39. The number of anilines is 1. The Morgan fingerprint density at radius 3 is 2.04 bits per heavy atom. The topological polar surface area (TPSA) is 58.2 Å². The number of hydrogen-bond acceptors (Lipinski definition) is 3. The summed E-state index contributed by atoms with van der Waals surface area (Å²) in [6, 6.07) is 12.9. The molecule has 0 unspecified atom stereocenters. The summed E-state index contributed by atoms with van der Waals surface area (Å²) in [6.45, 7) is 0. The van der Waals surface area contributed by atoms with Gasteiger partial charge in [0.1, 0.15) is 0 Å². The van der Waals surface area contributed by atoms with Crippen LogP contribution < -0.4 is 10.6 Å². The SMILES string of the molecule is O=C(Nc1ccc(C(=O)NC2CC2)cc1)c1ccc(SC(F)F)cc1. The van der Waals surface area contributed by atoms with E-state index in [1.165, 1.54) is 24.3 Å². The number of carbonyl (C=O) groups excluding carboxylic acids is 2. The number of nitrogens with one attached hydrogen (secondary N) is 2. The number of thioether (sulfide) groups is 1. The monoisotopic (exact) mass is 362 g/mol. The lowest BCUT2D eigenvalue weighted by Gasteiger charge is -2.08. The van der Waals surface area contributed by atoms with Crippen molar-refractivity contribution in [2.24, 2.45) is 0 Å². The zero-order valence-electron chi connectivity index (χ0n) is 13.2. The van der Waals surface area contributed by atoms with Crippen molar-refractivity contribution in [2.75, 3.05) is 5.32 Å². The van der Waals surface area contributed by atoms with Gasteiger partial charge in [0.05, 0.1) is 0 Å². The fourth-order valence-corrected chi connectivity index (χ4v) is 2.69. The van der Waals surface area contributed by atoms with Crippen LogP contribution in [-0.4, -0.2) is 23.6 Å². The molecule has 4 nitrogen and oxygen atoms in total. The van der Waals surface area contributed by atoms with Gasteiger partial charge >= 0.3 is 0 Å². The molecule has 1 aliphatic carbocycles. The fourth-order valence-electron chi connectivity index (χ4n) is 2.19. The van der Waals surface area contributed by atoms with Gasteiger partial charge in [-0.05, 0) is 61.4 Å². The Bertz CT molecular complexity index is 760. The molecule has 2 N–H and O–H groups in total. The van der Waals surface area contributed by atoms with Gasteiger partial charge in [-0.2, -0.15) is 8.78 Å². The molecule has 0 heterocycles. The highest BCUT2D eigenvalue weighted by Crippen LogP contribution is 2.25. The summed E-state index contributed by atoms with van der Waals surface area (Å²) in [4.78, 5) is 24.5. The van der Waals surface area contributed by atoms with Crippen molar-refractivity contribution in [3.05, 3.63) is 59.7 Å². The fraction of sp³-hybridized carbons (Fsp3) is 0.222. The van der Waals surface area contributed by atoms with E-state index >= 15 is 0 Å². The van der Waals surface area contributed by atoms with Gasteiger partial charge < -0.3 is 10.6 Å². The minimum Gasteiger partial charge on any atom is -0.349 e. The highest BCUT2D eigenvalue weighted by atomic mass is 32.2. The number of carbonyl (C=O) groups is 2. The molecule has 7 heteroatoms. The molecule has 0 spiro atoms. The van der Waals surface area contributed by atoms with Gasteiger partial charge in [-0.15, -0.1) is 0 Å². The Hall–Kier alpha value is -2.41. The molecule has 0 aromatic heterocycles. The van der Waals surface area contributed by atoms with Crippen LogP contribution in [0, 0.1) is 0 Å². The van der Waals surface area contributed by atoms with E-state index in [0.29, 0.717) is 33.5 Å². The summed E-state index contributed by atoms with van der Waals surface area (Å²) in [5.41, 5.74) is 1.46. The predicted octanol–water partition coefficient (Wildman–Crippen LogP) is 4.15. The highest BCUT2D eigenvalue weighted by molar-refractivity contribution is 7.99. The van der Waals surface area contributed by atoms with Gasteiger partial charge in [-0.3, -0.25) is 9.59 Å². The average molecular weight is 362 g/mol. The Kier molecular flexibility index (Phi) is 5.33. The van der Waals surface area contributed by atoms with Crippen LogP contribution in [0.4, 0.5) is 14.5 Å². The first-order valence-electron chi connectivity index (χ1n) is 7.78. The Morgan fingerprint density at radius 2 is 1.48 bits per heavy atom. The Balaban J connectivity index is 1.59. The third-order valence-electron chi connectivity index (χ3n) is 3.66. The molecule has 0 radical (unpaired) electrons. The lowest BCUT2D eigenvalue weighted by atomic mass is 10.1. The van der Waals surface area contributed by atoms with Crippen LogP contribution in [0.1, 0.15) is 33.6 Å². The highest BCUT2D eigenvalue weighted by Gasteiger charge is 2.23. The summed E-state index contributed by atoms with van der Waals surface area (Å²) in [6.07, 6.45) is 2.04. The molecule has 1 aliphatic rings. The van der Waals surface area contributed by atoms with E-state index in [1.54, 1.807) is 24.3 Å². The van der Waals surface area contributed by atoms with Gasteiger partial charge in [-0.25, -0.2) is 0 Å². The molecule has 0 bridgehead atoms. The van der Waals surface area contributed by atoms with Crippen molar-refractivity contribution in [2.45, 2.75) is 29.5 Å². The minimum atomic E-state index is -2.49. The summed E-state index contributed by atoms with van der Waals surface area (Å²) in [5.74, 6) is -2.95. The zero-order chi connectivity index (χ0) is 17.8. The van der Waals surface area contributed by atoms with E-state index in [2.05, 4.69) is 10.6 Å². The normalized spacial score (nSPS) is 13.6. The standard InChI is InChI=1S/C18H16F2N2O2S/c19-18(20)25-15-9-3-12(4-10-15)17(24)21-13-5-1-11(2-6-13)16(23)22-14-7-8-14/h1-6,9-10,14,18H,7-8H2,(H,21,24)(H,22,23). The first-order chi connectivity index (χ1) is 12.0. The largest absolute Gasteiger partial charge is 0.349 e. The molecule has 1 saturated carbocycles. The third-order valence-corrected chi connectivity index (χ3v) is 4.38. The quantitative estimate of drug-likeness (QED) is 0.759. The van der Waals surface area contributed by atoms with Crippen LogP contribution in [0.3, 0.4) is 0 Å². The molecule has 130 valence electrons. The van der Waals surface area contributed by atoms with Crippen LogP contribution in [0.5, 0.6) is 0 Å². The van der Waals surface area contributed by atoms with E-state index in [4.69, 9.17) is 0 Å². The summed E-state index contributed by atoms with van der Waals surface area (Å²) < 4.78 is 24.6. The van der Waals surface area contributed by atoms with Crippen molar-refractivity contribution >= 4 is 29.3 Å². The summed E-state index contributed by atoms with van der Waals surface area (Å²) in [7, 11) is 0. The second-order valence-corrected chi connectivity index (χ2v) is 6.75. The van der Waals surface area contributed by atoms with E-state index in [1.807, 2.05) is 0 Å². The molecule has 25 heavy (non-hydrogen) atoms. The zero-order valence-corrected chi connectivity index (χ0v) is 14.0. The number of halogens is 2. The predicted molar refractivity (Wildman–Crippen MR) is 93.2 cm³/mol. The lowest BCUT2D eigenvalue weighted by molar-refractivity contribution is 0.0950. The molecule has 0 atom stereocenters. The number of benzene rings is 2. The van der Waals surface area contributed by atoms with Gasteiger partial charge in [-0.1, -0.05) is 11.8 Å². The van der Waals surface area contributed by atoms with E-state index in [0.717, 1.165) is 12.8 Å². The molecule has 0 saturated heterocycles. The van der Waals surface area contributed by atoms with Crippen molar-refractivity contribution < 1.29 is 18.4 Å². The van der Waals surface area contributed by atoms with Gasteiger partial charge in [0, 0.05) is 27.8 Å². The van der Waals surface area contributed by atoms with Crippen molar-refractivity contribution in [1.82, 2.24) is 5.32 Å². The van der Waals surface area contributed by atoms with Crippen molar-refractivity contribution in [1.29, 1.82) is 0 Å². The third kappa shape index (κ3) is 5.03. The molecule has 3 rings (SSSR count). The van der Waals surface area contributed by atoms with Crippen LogP contribution >= 0.6 is 11.8 Å². The first kappa shape index (κ1) is 17.4. The first-order valence-corrected chi connectivity index (χ1v) is 8.66. The number of amides is 2. The number of rotatable bonds is 6. The Morgan fingerprint density at radius 1 is 0.920 bits per heavy atom. The van der Waals surface area contributed by atoms with E-state index in [9.17, 15) is 18.4 Å². The second kappa shape index (κ2) is 7.65. The van der Waals surface area contributed by atoms with Crippen molar-refractivity contribution in [3.63, 3.8) is 0 Å². The van der Waals surface area contributed by atoms with Crippen LogP contribution in [0.25, 0.3) is 0 Å². The maximum absolute atomic E-state index is 12.3. The van der Waals surface area contributed by atoms with E-state index in [-0.39, 0.29) is 17.9 Å². The lowest BCUT2D eigenvalue weighted by Crippen LogP contribution is -2.25. The molecular formula is C18H16F2N2O2S. The molecule has 2 amide bonds. The molecular weight excluding hydrogens is 346 g/mol. The smallest absolute Gasteiger partial charge is 0.288 e. The van der Waals surface area contributed by atoms with Crippen molar-refractivity contribution in [3.8, 4) is 0 Å². The molecule has 2 aromatic rings. The minimum absolute atomic E-state index is 0.118. The van der Waals surface area contributed by atoms with Crippen LogP contribution in [0.2, 0.25) is 0 Å². The molecule has 1 fully saturated rings. The molecule has 0 aliphatic heterocycles. The molecule has 2 aromatic carbocycles. The van der Waals surface area contributed by atoms with Gasteiger partial charge in [0.15, 0.2) is 0 Å². The number of hydrogen-bond donors (Lipinski definition) is 2. The van der Waals surface area contributed by atoms with Gasteiger partial charge in [0.25, 0.3) is 17.6 Å². The van der Waals surface area contributed by atoms with Gasteiger partial charge in [0.2, 0.25) is 0 Å².